The Balaban J connectivity index is 2.37. The van der Waals surface area contributed by atoms with Crippen molar-refractivity contribution in [2.45, 2.75) is 24.8 Å². The number of nitrogens with zero attached hydrogens (tertiary/aromatic N) is 1. The molecule has 96 valence electrons. The van der Waals surface area contributed by atoms with E-state index in [4.69, 9.17) is 5.11 Å². The second-order valence-electron chi connectivity index (χ2n) is 4.16. The second kappa shape index (κ2) is 5.03. The van der Waals surface area contributed by atoms with E-state index in [2.05, 4.69) is 10.6 Å². The van der Waals surface area contributed by atoms with Crippen molar-refractivity contribution in [1.29, 1.82) is 0 Å². The fraction of sp³-hybridized carbons (Fsp3) is 0.700. The first-order chi connectivity index (χ1) is 7.91. The molecule has 3 amide bonds. The summed E-state index contributed by atoms with van der Waals surface area (Å²) in [6.45, 7) is 0.251. The van der Waals surface area contributed by atoms with Gasteiger partial charge in [0.15, 0.2) is 0 Å². The molecule has 0 atom stereocenters. The van der Waals surface area contributed by atoms with Crippen LogP contribution in [-0.2, 0) is 9.59 Å². The van der Waals surface area contributed by atoms with Crippen LogP contribution in [0.3, 0.4) is 0 Å². The van der Waals surface area contributed by atoms with Crippen LogP contribution in [0.5, 0.6) is 0 Å². The zero-order chi connectivity index (χ0) is 13.1. The van der Waals surface area contributed by atoms with Gasteiger partial charge in [-0.2, -0.15) is 0 Å². The van der Waals surface area contributed by atoms with E-state index >= 15 is 0 Å². The number of carboxylic acids is 1. The average molecular weight is 243 g/mol. The van der Waals surface area contributed by atoms with Crippen molar-refractivity contribution in [3.8, 4) is 0 Å². The maximum absolute atomic E-state index is 11.6. The van der Waals surface area contributed by atoms with Gasteiger partial charge in [-0.05, 0) is 12.8 Å². The molecule has 7 heteroatoms. The first kappa shape index (κ1) is 13.3. The minimum atomic E-state index is -1.08. The molecule has 1 aliphatic rings. The van der Waals surface area contributed by atoms with E-state index in [9.17, 15) is 14.4 Å². The molecule has 1 fully saturated rings. The third kappa shape index (κ3) is 3.33. The zero-order valence-electron chi connectivity index (χ0n) is 9.95. The van der Waals surface area contributed by atoms with Crippen molar-refractivity contribution in [2.75, 3.05) is 20.6 Å². The highest BCUT2D eigenvalue weighted by molar-refractivity contribution is 5.89. The van der Waals surface area contributed by atoms with Crippen LogP contribution >= 0.6 is 0 Å². The van der Waals surface area contributed by atoms with Gasteiger partial charge in [0, 0.05) is 27.1 Å². The lowest BCUT2D eigenvalue weighted by Crippen LogP contribution is -2.49. The third-order valence-electron chi connectivity index (χ3n) is 2.81. The summed E-state index contributed by atoms with van der Waals surface area (Å²) in [5.41, 5.74) is -1.08. The largest absolute Gasteiger partial charge is 0.480 e. The number of nitrogens with one attached hydrogen (secondary N) is 2. The number of hydrogen-bond donors (Lipinski definition) is 3. The maximum Gasteiger partial charge on any atom is 0.329 e. The van der Waals surface area contributed by atoms with E-state index < -0.39 is 17.5 Å². The molecular formula is C10H17N3O4. The van der Waals surface area contributed by atoms with Gasteiger partial charge in [0.2, 0.25) is 5.91 Å². The molecule has 0 radical (unpaired) electrons. The Morgan fingerprint density at radius 1 is 1.35 bits per heavy atom. The number of carboxylic acid groups (broad SMARTS) is 1. The van der Waals surface area contributed by atoms with Gasteiger partial charge in [0.1, 0.15) is 5.54 Å². The molecule has 1 saturated carbocycles. The van der Waals surface area contributed by atoms with E-state index in [0.717, 1.165) is 0 Å². The Morgan fingerprint density at radius 2 is 1.94 bits per heavy atom. The van der Waals surface area contributed by atoms with Crippen molar-refractivity contribution in [1.82, 2.24) is 15.5 Å². The average Bonchev–Trinajstić information content (AvgIpc) is 3.06. The number of carbonyl (C=O) groups excluding carboxylic acids is 2. The Morgan fingerprint density at radius 3 is 2.35 bits per heavy atom. The van der Waals surface area contributed by atoms with Gasteiger partial charge >= 0.3 is 12.0 Å². The van der Waals surface area contributed by atoms with Gasteiger partial charge in [-0.1, -0.05) is 0 Å². The molecule has 3 N–H and O–H groups in total. The molecule has 0 saturated heterocycles. The number of amides is 3. The Hall–Kier alpha value is -1.79. The van der Waals surface area contributed by atoms with Gasteiger partial charge in [-0.15, -0.1) is 0 Å². The molecule has 0 aliphatic heterocycles. The highest BCUT2D eigenvalue weighted by Crippen LogP contribution is 2.35. The summed E-state index contributed by atoms with van der Waals surface area (Å²) >= 11 is 0. The van der Waals surface area contributed by atoms with Crippen LogP contribution in [0.25, 0.3) is 0 Å². The van der Waals surface area contributed by atoms with Gasteiger partial charge in [0.25, 0.3) is 0 Å². The third-order valence-corrected chi connectivity index (χ3v) is 2.81. The van der Waals surface area contributed by atoms with Crippen LogP contribution in [0.1, 0.15) is 19.3 Å². The van der Waals surface area contributed by atoms with E-state index in [1.807, 2.05) is 0 Å². The first-order valence-corrected chi connectivity index (χ1v) is 5.38. The SMILES string of the molecule is CNC(=O)CCN(C)C(=O)NC1(C(=O)O)CC1. The standard InChI is InChI=1S/C10H17N3O4/c1-11-7(14)3-6-13(2)9(17)12-10(4-5-10)8(15)16/h3-6H2,1-2H3,(H,11,14)(H,12,17)(H,15,16). The topological polar surface area (TPSA) is 98.7 Å². The molecule has 1 rings (SSSR count). The zero-order valence-corrected chi connectivity index (χ0v) is 9.95. The molecule has 0 aromatic carbocycles. The highest BCUT2D eigenvalue weighted by Gasteiger charge is 2.52. The summed E-state index contributed by atoms with van der Waals surface area (Å²) in [7, 11) is 3.04. The van der Waals surface area contributed by atoms with Crippen molar-refractivity contribution >= 4 is 17.9 Å². The van der Waals surface area contributed by atoms with E-state index in [1.54, 1.807) is 0 Å². The van der Waals surface area contributed by atoms with E-state index in [0.29, 0.717) is 12.8 Å². The fourth-order valence-electron chi connectivity index (χ4n) is 1.31. The second-order valence-corrected chi connectivity index (χ2v) is 4.16. The minimum Gasteiger partial charge on any atom is -0.480 e. The number of urea groups is 1. The van der Waals surface area contributed by atoms with Gasteiger partial charge < -0.3 is 20.6 Å². The molecule has 0 heterocycles. The van der Waals surface area contributed by atoms with Gasteiger partial charge in [-0.3, -0.25) is 4.79 Å². The lowest BCUT2D eigenvalue weighted by molar-refractivity contribution is -0.140. The summed E-state index contributed by atoms with van der Waals surface area (Å²) in [5.74, 6) is -1.17. The smallest absolute Gasteiger partial charge is 0.329 e. The number of carbonyl (C=O) groups is 3. The predicted molar refractivity (Wildman–Crippen MR) is 59.4 cm³/mol. The number of aliphatic carboxylic acids is 1. The van der Waals surface area contributed by atoms with Crippen LogP contribution in [0.2, 0.25) is 0 Å². The van der Waals surface area contributed by atoms with Crippen LogP contribution in [0.15, 0.2) is 0 Å². The lowest BCUT2D eigenvalue weighted by atomic mass is 10.3. The van der Waals surface area contributed by atoms with Crippen LogP contribution < -0.4 is 10.6 Å². The molecule has 0 bridgehead atoms. The molecule has 0 aromatic heterocycles. The summed E-state index contributed by atoms with van der Waals surface area (Å²) in [6.07, 6.45) is 1.11. The van der Waals surface area contributed by atoms with E-state index in [1.165, 1.54) is 19.0 Å². The van der Waals surface area contributed by atoms with Gasteiger partial charge in [0.05, 0.1) is 0 Å². The van der Waals surface area contributed by atoms with Crippen LogP contribution in [0, 0.1) is 0 Å². The van der Waals surface area contributed by atoms with Crippen molar-refractivity contribution in [3.05, 3.63) is 0 Å². The Labute approximate surface area is 99.2 Å². The maximum atomic E-state index is 11.6. The fourth-order valence-corrected chi connectivity index (χ4v) is 1.31. The van der Waals surface area contributed by atoms with Gasteiger partial charge in [-0.25, -0.2) is 9.59 Å². The van der Waals surface area contributed by atoms with Crippen molar-refractivity contribution in [3.63, 3.8) is 0 Å². The summed E-state index contributed by atoms with van der Waals surface area (Å²) in [5, 5.41) is 13.8. The first-order valence-electron chi connectivity index (χ1n) is 5.38. The van der Waals surface area contributed by atoms with E-state index in [-0.39, 0.29) is 18.9 Å². The highest BCUT2D eigenvalue weighted by atomic mass is 16.4. The summed E-state index contributed by atoms with van der Waals surface area (Å²) < 4.78 is 0. The monoisotopic (exact) mass is 243 g/mol. The summed E-state index contributed by atoms with van der Waals surface area (Å²) in [6, 6.07) is -0.464. The molecule has 1 aliphatic carbocycles. The molecule has 0 aromatic rings. The molecular weight excluding hydrogens is 226 g/mol. The lowest BCUT2D eigenvalue weighted by Gasteiger charge is -2.20. The molecule has 0 unspecified atom stereocenters. The van der Waals surface area contributed by atoms with Crippen LogP contribution in [0.4, 0.5) is 4.79 Å². The Bertz CT molecular complexity index is 338. The number of hydrogen-bond acceptors (Lipinski definition) is 3. The minimum absolute atomic E-state index is 0.163. The normalized spacial score (nSPS) is 15.9. The van der Waals surface area contributed by atoms with Crippen molar-refractivity contribution in [2.24, 2.45) is 0 Å². The molecule has 7 nitrogen and oxygen atoms in total. The number of rotatable bonds is 5. The molecule has 0 spiro atoms. The van der Waals surface area contributed by atoms with Crippen LogP contribution in [-0.4, -0.2) is 54.1 Å². The summed E-state index contributed by atoms with van der Waals surface area (Å²) in [4.78, 5) is 34.8. The van der Waals surface area contributed by atoms with Crippen molar-refractivity contribution < 1.29 is 19.5 Å². The quantitative estimate of drug-likeness (QED) is 0.599. The molecule has 17 heavy (non-hydrogen) atoms. The Kier molecular flexibility index (Phi) is 3.93. The predicted octanol–water partition coefficient (Wildman–Crippen LogP) is -0.619.